The Bertz CT molecular complexity index is 406. The first-order valence-corrected chi connectivity index (χ1v) is 7.00. The fourth-order valence-electron chi connectivity index (χ4n) is 1.37. The van der Waals surface area contributed by atoms with Crippen LogP contribution in [0.5, 0.6) is 0 Å². The first-order chi connectivity index (χ1) is 8.02. The van der Waals surface area contributed by atoms with E-state index in [1.165, 1.54) is 0 Å². The predicted molar refractivity (Wildman–Crippen MR) is 69.6 cm³/mol. The highest BCUT2D eigenvalue weighted by atomic mass is 32.2. The first-order valence-electron chi connectivity index (χ1n) is 5.27. The summed E-state index contributed by atoms with van der Waals surface area (Å²) in [6.45, 7) is 1.82. The van der Waals surface area contributed by atoms with Crippen LogP contribution < -0.4 is 10.6 Å². The van der Waals surface area contributed by atoms with Gasteiger partial charge in [0.25, 0.3) is 5.91 Å². The molecule has 0 aliphatic carbocycles. The van der Waals surface area contributed by atoms with Gasteiger partial charge in [-0.3, -0.25) is 9.00 Å². The summed E-state index contributed by atoms with van der Waals surface area (Å²) in [5, 5.41) is 5.68. The second kappa shape index (κ2) is 6.34. The third-order valence-corrected chi connectivity index (χ3v) is 3.12. The van der Waals surface area contributed by atoms with Gasteiger partial charge in [-0.1, -0.05) is 0 Å². The van der Waals surface area contributed by atoms with E-state index in [0.29, 0.717) is 11.4 Å². The van der Waals surface area contributed by atoms with Crippen LogP contribution in [0.15, 0.2) is 18.3 Å². The van der Waals surface area contributed by atoms with Crippen molar-refractivity contribution in [3.63, 3.8) is 0 Å². The van der Waals surface area contributed by atoms with E-state index in [0.717, 1.165) is 5.69 Å². The van der Waals surface area contributed by atoms with Crippen LogP contribution in [-0.2, 0) is 10.8 Å². The number of pyridine rings is 1. The Labute approximate surface area is 103 Å². The number of carbonyl (C=O) groups is 1. The highest BCUT2D eigenvalue weighted by Gasteiger charge is 2.11. The zero-order valence-electron chi connectivity index (χ0n) is 10.2. The first kappa shape index (κ1) is 13.6. The molecular formula is C11H17N3O2S. The number of carbonyl (C=O) groups excluding carboxylic acids is 1. The molecule has 5 nitrogen and oxygen atoms in total. The molecule has 1 aromatic heterocycles. The number of anilines is 1. The fraction of sp³-hybridized carbons (Fsp3) is 0.455. The zero-order valence-corrected chi connectivity index (χ0v) is 11.0. The van der Waals surface area contributed by atoms with E-state index in [9.17, 15) is 9.00 Å². The second-order valence-corrected chi connectivity index (χ2v) is 5.28. The molecule has 1 heterocycles. The third kappa shape index (κ3) is 4.52. The summed E-state index contributed by atoms with van der Waals surface area (Å²) in [7, 11) is 0.868. The molecule has 0 radical (unpaired) electrons. The molecule has 1 amide bonds. The zero-order chi connectivity index (χ0) is 12.8. The Kier molecular flexibility index (Phi) is 5.09. The topological polar surface area (TPSA) is 71.1 Å². The lowest BCUT2D eigenvalue weighted by Crippen LogP contribution is -2.36. The maximum absolute atomic E-state index is 11.7. The van der Waals surface area contributed by atoms with Gasteiger partial charge in [-0.25, -0.2) is 4.98 Å². The van der Waals surface area contributed by atoms with Gasteiger partial charge in [0.05, 0.1) is 11.9 Å². The van der Waals surface area contributed by atoms with Crippen molar-refractivity contribution in [1.29, 1.82) is 0 Å². The van der Waals surface area contributed by atoms with E-state index in [2.05, 4.69) is 15.6 Å². The van der Waals surface area contributed by atoms with Crippen LogP contribution in [0.1, 0.15) is 17.4 Å². The lowest BCUT2D eigenvalue weighted by Gasteiger charge is -2.11. The molecule has 1 rings (SSSR count). The van der Waals surface area contributed by atoms with Crippen molar-refractivity contribution in [2.75, 3.05) is 24.4 Å². The number of aromatic nitrogens is 1. The predicted octanol–water partition coefficient (Wildman–Crippen LogP) is 0.620. The SMILES string of the molecule is CNc1ccc(C(=O)NC(C)CS(C)=O)nc1. The highest BCUT2D eigenvalue weighted by Crippen LogP contribution is 2.04. The summed E-state index contributed by atoms with van der Waals surface area (Å²) in [4.78, 5) is 15.8. The largest absolute Gasteiger partial charge is 0.387 e. The molecule has 0 aromatic carbocycles. The van der Waals surface area contributed by atoms with E-state index in [1.54, 1.807) is 31.6 Å². The Balaban J connectivity index is 2.60. The summed E-state index contributed by atoms with van der Waals surface area (Å²) in [6.07, 6.45) is 3.21. The number of nitrogens with zero attached hydrogens (tertiary/aromatic N) is 1. The molecule has 0 saturated heterocycles. The van der Waals surface area contributed by atoms with Crippen LogP contribution in [-0.4, -0.2) is 40.2 Å². The Morgan fingerprint density at radius 1 is 1.53 bits per heavy atom. The lowest BCUT2D eigenvalue weighted by atomic mass is 10.3. The van der Waals surface area contributed by atoms with Crippen LogP contribution >= 0.6 is 0 Å². The third-order valence-electron chi connectivity index (χ3n) is 2.15. The van der Waals surface area contributed by atoms with Gasteiger partial charge in [-0.2, -0.15) is 0 Å². The minimum absolute atomic E-state index is 0.126. The van der Waals surface area contributed by atoms with Gasteiger partial charge in [-0.15, -0.1) is 0 Å². The number of amides is 1. The molecule has 1 aromatic rings. The Morgan fingerprint density at radius 3 is 2.71 bits per heavy atom. The summed E-state index contributed by atoms with van der Waals surface area (Å²) < 4.78 is 11.0. The molecule has 0 bridgehead atoms. The van der Waals surface area contributed by atoms with Crippen LogP contribution in [0, 0.1) is 0 Å². The van der Waals surface area contributed by atoms with Gasteiger partial charge in [0, 0.05) is 35.9 Å². The highest BCUT2D eigenvalue weighted by molar-refractivity contribution is 7.84. The van der Waals surface area contributed by atoms with E-state index >= 15 is 0 Å². The molecule has 0 fully saturated rings. The standard InChI is InChI=1S/C11H17N3O2S/c1-8(7-17(3)16)14-11(15)10-5-4-9(12-2)6-13-10/h4-6,8,12H,7H2,1-3H3,(H,14,15). The summed E-state index contributed by atoms with van der Waals surface area (Å²) in [5.74, 6) is 0.200. The Morgan fingerprint density at radius 2 is 2.24 bits per heavy atom. The molecule has 0 spiro atoms. The van der Waals surface area contributed by atoms with Gasteiger partial charge in [0.2, 0.25) is 0 Å². The van der Waals surface area contributed by atoms with Gasteiger partial charge >= 0.3 is 0 Å². The summed E-state index contributed by atoms with van der Waals surface area (Å²) in [6, 6.07) is 3.31. The van der Waals surface area contributed by atoms with Gasteiger partial charge in [-0.05, 0) is 19.1 Å². The molecule has 17 heavy (non-hydrogen) atoms. The number of hydrogen-bond donors (Lipinski definition) is 2. The minimum atomic E-state index is -0.919. The number of hydrogen-bond acceptors (Lipinski definition) is 4. The average molecular weight is 255 g/mol. The van der Waals surface area contributed by atoms with Crippen LogP contribution in [0.4, 0.5) is 5.69 Å². The van der Waals surface area contributed by atoms with Crippen molar-refractivity contribution in [2.24, 2.45) is 0 Å². The number of rotatable bonds is 5. The molecule has 6 heteroatoms. The normalized spacial score (nSPS) is 13.8. The van der Waals surface area contributed by atoms with Crippen molar-refractivity contribution in [3.8, 4) is 0 Å². The van der Waals surface area contributed by atoms with Gasteiger partial charge < -0.3 is 10.6 Å². The molecule has 2 atom stereocenters. The quantitative estimate of drug-likeness (QED) is 0.809. The van der Waals surface area contributed by atoms with Crippen LogP contribution in [0.3, 0.4) is 0 Å². The Hall–Kier alpha value is -1.43. The molecule has 0 aliphatic heterocycles. The second-order valence-electron chi connectivity index (χ2n) is 3.80. The van der Waals surface area contributed by atoms with Gasteiger partial charge in [0.15, 0.2) is 0 Å². The summed E-state index contributed by atoms with van der Waals surface area (Å²) in [5.41, 5.74) is 1.21. The molecule has 0 aliphatic rings. The molecular weight excluding hydrogens is 238 g/mol. The number of nitrogens with one attached hydrogen (secondary N) is 2. The molecule has 94 valence electrons. The van der Waals surface area contributed by atoms with E-state index in [4.69, 9.17) is 0 Å². The summed E-state index contributed by atoms with van der Waals surface area (Å²) >= 11 is 0. The molecule has 2 unspecified atom stereocenters. The van der Waals surface area contributed by atoms with Crippen molar-refractivity contribution in [2.45, 2.75) is 13.0 Å². The van der Waals surface area contributed by atoms with Crippen LogP contribution in [0.2, 0.25) is 0 Å². The minimum Gasteiger partial charge on any atom is -0.387 e. The van der Waals surface area contributed by atoms with E-state index < -0.39 is 10.8 Å². The smallest absolute Gasteiger partial charge is 0.270 e. The van der Waals surface area contributed by atoms with Gasteiger partial charge in [0.1, 0.15) is 5.69 Å². The fourth-order valence-corrected chi connectivity index (χ4v) is 2.15. The van der Waals surface area contributed by atoms with Crippen molar-refractivity contribution in [3.05, 3.63) is 24.0 Å². The maximum Gasteiger partial charge on any atom is 0.270 e. The lowest BCUT2D eigenvalue weighted by molar-refractivity contribution is 0.0938. The van der Waals surface area contributed by atoms with Crippen molar-refractivity contribution in [1.82, 2.24) is 10.3 Å². The van der Waals surface area contributed by atoms with Crippen molar-refractivity contribution < 1.29 is 9.00 Å². The van der Waals surface area contributed by atoms with E-state index in [-0.39, 0.29) is 11.9 Å². The van der Waals surface area contributed by atoms with Crippen molar-refractivity contribution >= 4 is 22.4 Å². The molecule has 2 N–H and O–H groups in total. The van der Waals surface area contributed by atoms with Crippen LogP contribution in [0.25, 0.3) is 0 Å². The monoisotopic (exact) mass is 255 g/mol. The van der Waals surface area contributed by atoms with E-state index in [1.807, 2.05) is 6.92 Å². The maximum atomic E-state index is 11.7. The molecule has 0 saturated carbocycles. The average Bonchev–Trinajstić information content (AvgIpc) is 2.28.